The Morgan fingerprint density at radius 3 is 2.89 bits per heavy atom. The maximum atomic E-state index is 11.1. The molecule has 0 aliphatic heterocycles. The SMILES string of the molecule is CSCCn1nnc2cc(C(=O)O)cc([N+](=O)[O-])c21. The van der Waals surface area contributed by atoms with E-state index in [1.165, 1.54) is 10.7 Å². The third kappa shape index (κ3) is 2.50. The number of nitro benzene ring substituents is 1. The molecule has 0 aliphatic carbocycles. The van der Waals surface area contributed by atoms with Gasteiger partial charge in [0.15, 0.2) is 5.52 Å². The molecule has 1 aromatic heterocycles. The van der Waals surface area contributed by atoms with E-state index >= 15 is 0 Å². The molecule has 1 aromatic carbocycles. The topological polar surface area (TPSA) is 111 Å². The molecule has 2 aromatic rings. The van der Waals surface area contributed by atoms with Gasteiger partial charge < -0.3 is 5.11 Å². The van der Waals surface area contributed by atoms with Gasteiger partial charge in [0.1, 0.15) is 5.52 Å². The van der Waals surface area contributed by atoms with Crippen molar-refractivity contribution in [3.63, 3.8) is 0 Å². The van der Waals surface area contributed by atoms with E-state index in [0.717, 1.165) is 11.8 Å². The molecule has 0 saturated carbocycles. The second-order valence-electron chi connectivity index (χ2n) is 3.73. The molecule has 8 nitrogen and oxygen atoms in total. The largest absolute Gasteiger partial charge is 0.478 e. The van der Waals surface area contributed by atoms with Gasteiger partial charge in [0.05, 0.1) is 17.0 Å². The Hall–Kier alpha value is -2.16. The Bertz CT molecular complexity index is 654. The number of hydrogen-bond donors (Lipinski definition) is 1. The summed E-state index contributed by atoms with van der Waals surface area (Å²) in [5, 5.41) is 27.6. The van der Waals surface area contributed by atoms with Crippen LogP contribution in [-0.4, -0.2) is 43.0 Å². The lowest BCUT2D eigenvalue weighted by Gasteiger charge is -2.02. The predicted molar refractivity (Wildman–Crippen MR) is 69.5 cm³/mol. The van der Waals surface area contributed by atoms with Gasteiger partial charge in [-0.25, -0.2) is 9.48 Å². The number of rotatable bonds is 5. The van der Waals surface area contributed by atoms with Crippen molar-refractivity contribution in [2.45, 2.75) is 6.54 Å². The lowest BCUT2D eigenvalue weighted by Crippen LogP contribution is -2.05. The molecule has 0 aliphatic rings. The molecule has 0 bridgehead atoms. The molecule has 19 heavy (non-hydrogen) atoms. The Kier molecular flexibility index (Phi) is 3.65. The first kappa shape index (κ1) is 13.3. The van der Waals surface area contributed by atoms with E-state index < -0.39 is 10.9 Å². The fourth-order valence-corrected chi connectivity index (χ4v) is 2.04. The van der Waals surface area contributed by atoms with Crippen molar-refractivity contribution in [1.82, 2.24) is 15.0 Å². The molecular formula is C10H10N4O4S. The molecule has 0 amide bonds. The maximum Gasteiger partial charge on any atom is 0.336 e. The van der Waals surface area contributed by atoms with E-state index in [0.29, 0.717) is 6.54 Å². The van der Waals surface area contributed by atoms with Crippen LogP contribution in [0.2, 0.25) is 0 Å². The molecule has 0 unspecified atom stereocenters. The number of carbonyl (C=O) groups is 1. The summed E-state index contributed by atoms with van der Waals surface area (Å²) in [5.41, 5.74) is 0.00822. The molecule has 0 fully saturated rings. The number of nitrogens with zero attached hydrogens (tertiary/aromatic N) is 4. The van der Waals surface area contributed by atoms with Gasteiger partial charge in [-0.3, -0.25) is 10.1 Å². The molecule has 0 saturated heterocycles. The first-order valence-electron chi connectivity index (χ1n) is 5.28. The number of aromatic nitrogens is 3. The van der Waals surface area contributed by atoms with Gasteiger partial charge in [-0.15, -0.1) is 5.10 Å². The van der Waals surface area contributed by atoms with E-state index in [9.17, 15) is 14.9 Å². The zero-order valence-electron chi connectivity index (χ0n) is 9.94. The molecular weight excluding hydrogens is 272 g/mol. The van der Waals surface area contributed by atoms with Crippen LogP contribution >= 0.6 is 11.8 Å². The molecule has 0 radical (unpaired) electrons. The van der Waals surface area contributed by atoms with Gasteiger partial charge in [0.2, 0.25) is 0 Å². The number of fused-ring (bicyclic) bond motifs is 1. The number of nitro groups is 1. The zero-order valence-corrected chi connectivity index (χ0v) is 10.8. The fraction of sp³-hybridized carbons (Fsp3) is 0.300. The van der Waals surface area contributed by atoms with E-state index in [-0.39, 0.29) is 22.3 Å². The lowest BCUT2D eigenvalue weighted by atomic mass is 10.1. The number of thioether (sulfide) groups is 1. The van der Waals surface area contributed by atoms with Crippen LogP contribution in [0.5, 0.6) is 0 Å². The second-order valence-corrected chi connectivity index (χ2v) is 4.72. The van der Waals surface area contributed by atoms with Crippen molar-refractivity contribution in [2.75, 3.05) is 12.0 Å². The van der Waals surface area contributed by atoms with E-state index in [2.05, 4.69) is 10.3 Å². The first-order valence-corrected chi connectivity index (χ1v) is 6.68. The number of carboxylic acids is 1. The van der Waals surface area contributed by atoms with Gasteiger partial charge in [0, 0.05) is 11.8 Å². The Labute approximate surface area is 111 Å². The van der Waals surface area contributed by atoms with Gasteiger partial charge in [-0.2, -0.15) is 11.8 Å². The average molecular weight is 282 g/mol. The number of hydrogen-bond acceptors (Lipinski definition) is 6. The summed E-state index contributed by atoms with van der Waals surface area (Å²) in [7, 11) is 0. The second kappa shape index (κ2) is 5.22. The molecule has 1 N–H and O–H groups in total. The maximum absolute atomic E-state index is 11.1. The summed E-state index contributed by atoms with van der Waals surface area (Å²) in [5.74, 6) is -0.500. The van der Waals surface area contributed by atoms with Crippen LogP contribution in [0.1, 0.15) is 10.4 Å². The summed E-state index contributed by atoms with van der Waals surface area (Å²) >= 11 is 1.58. The zero-order chi connectivity index (χ0) is 14.0. The van der Waals surface area contributed by atoms with Crippen LogP contribution in [0.3, 0.4) is 0 Å². The molecule has 0 spiro atoms. The van der Waals surface area contributed by atoms with Crippen molar-refractivity contribution in [3.05, 3.63) is 27.8 Å². The van der Waals surface area contributed by atoms with Crippen LogP contribution < -0.4 is 0 Å². The highest BCUT2D eigenvalue weighted by atomic mass is 32.2. The Morgan fingerprint density at radius 2 is 2.32 bits per heavy atom. The van der Waals surface area contributed by atoms with Crippen molar-refractivity contribution in [1.29, 1.82) is 0 Å². The number of benzene rings is 1. The average Bonchev–Trinajstić information content (AvgIpc) is 2.77. The van der Waals surface area contributed by atoms with Crippen molar-refractivity contribution < 1.29 is 14.8 Å². The quantitative estimate of drug-likeness (QED) is 0.651. The van der Waals surface area contributed by atoms with Crippen LogP contribution in [0.25, 0.3) is 11.0 Å². The number of aromatic carboxylic acids is 1. The smallest absolute Gasteiger partial charge is 0.336 e. The number of non-ortho nitro benzene ring substituents is 1. The third-order valence-corrected chi connectivity index (χ3v) is 3.13. The Morgan fingerprint density at radius 1 is 1.58 bits per heavy atom. The standard InChI is InChI=1S/C10H10N4O4S/c1-19-3-2-13-9-7(11-12-13)4-6(10(15)16)5-8(9)14(17)18/h4-5H,2-3H2,1H3,(H,15,16). The van der Waals surface area contributed by atoms with Crippen molar-refractivity contribution in [2.24, 2.45) is 0 Å². The Balaban J connectivity index is 2.64. The van der Waals surface area contributed by atoms with E-state index in [1.54, 1.807) is 11.8 Å². The summed E-state index contributed by atoms with van der Waals surface area (Å²) in [6, 6.07) is 2.32. The summed E-state index contributed by atoms with van der Waals surface area (Å²) in [4.78, 5) is 21.4. The van der Waals surface area contributed by atoms with Crippen molar-refractivity contribution in [3.8, 4) is 0 Å². The fourth-order valence-electron chi connectivity index (χ4n) is 1.69. The van der Waals surface area contributed by atoms with E-state index in [1.807, 2.05) is 6.26 Å². The van der Waals surface area contributed by atoms with Crippen LogP contribution in [-0.2, 0) is 6.54 Å². The molecule has 2 rings (SSSR count). The summed E-state index contributed by atoms with van der Waals surface area (Å²) < 4.78 is 1.43. The monoisotopic (exact) mass is 282 g/mol. The van der Waals surface area contributed by atoms with Crippen LogP contribution in [0, 0.1) is 10.1 Å². The first-order chi connectivity index (χ1) is 9.04. The molecule has 100 valence electrons. The molecule has 0 atom stereocenters. The van der Waals surface area contributed by atoms with Crippen LogP contribution in [0.4, 0.5) is 5.69 Å². The minimum Gasteiger partial charge on any atom is -0.478 e. The summed E-state index contributed by atoms with van der Waals surface area (Å²) in [6.07, 6.45) is 1.91. The number of carboxylic acid groups (broad SMARTS) is 1. The minimum absolute atomic E-state index is 0.170. The normalized spacial score (nSPS) is 10.8. The van der Waals surface area contributed by atoms with Gasteiger partial charge in [-0.1, -0.05) is 5.21 Å². The number of aryl methyl sites for hydroxylation is 1. The van der Waals surface area contributed by atoms with Gasteiger partial charge >= 0.3 is 5.97 Å². The highest BCUT2D eigenvalue weighted by Gasteiger charge is 2.21. The van der Waals surface area contributed by atoms with Crippen LogP contribution in [0.15, 0.2) is 12.1 Å². The molecule has 9 heteroatoms. The third-order valence-electron chi connectivity index (χ3n) is 2.54. The van der Waals surface area contributed by atoms with E-state index in [4.69, 9.17) is 5.11 Å². The van der Waals surface area contributed by atoms with Crippen molar-refractivity contribution >= 4 is 34.5 Å². The highest BCUT2D eigenvalue weighted by Crippen LogP contribution is 2.26. The predicted octanol–water partition coefficient (Wildman–Crippen LogP) is 1.40. The van der Waals surface area contributed by atoms with Gasteiger partial charge in [0.25, 0.3) is 5.69 Å². The molecule has 1 heterocycles. The lowest BCUT2D eigenvalue weighted by molar-refractivity contribution is -0.383. The minimum atomic E-state index is -1.23. The highest BCUT2D eigenvalue weighted by molar-refractivity contribution is 7.98. The van der Waals surface area contributed by atoms with Gasteiger partial charge in [-0.05, 0) is 12.3 Å². The summed E-state index contributed by atoms with van der Waals surface area (Å²) in [6.45, 7) is 0.477.